The summed E-state index contributed by atoms with van der Waals surface area (Å²) in [5.74, 6) is 5.73. The standard InChI is InChI=1S/C11H17N3O2S/c12-14(10-4-2-1-3-5-10)17(15,16)11-6-8-13-9-7-11/h1-5,11,13H,6-9,12H2. The molecule has 6 heteroatoms. The van der Waals surface area contributed by atoms with Crippen molar-refractivity contribution in [3.8, 4) is 0 Å². The van der Waals surface area contributed by atoms with Crippen LogP contribution in [0.25, 0.3) is 0 Å². The third kappa shape index (κ3) is 2.59. The van der Waals surface area contributed by atoms with Crippen molar-refractivity contribution < 1.29 is 8.42 Å². The van der Waals surface area contributed by atoms with Crippen molar-refractivity contribution in [2.45, 2.75) is 18.1 Å². The molecule has 1 heterocycles. The lowest BCUT2D eigenvalue weighted by atomic mass is 10.2. The number of hydrogen-bond donors (Lipinski definition) is 2. The summed E-state index contributed by atoms with van der Waals surface area (Å²) < 4.78 is 25.4. The Kier molecular flexibility index (Phi) is 3.66. The Hall–Kier alpha value is -1.11. The first-order chi connectivity index (χ1) is 8.12. The highest BCUT2D eigenvalue weighted by Gasteiger charge is 2.31. The van der Waals surface area contributed by atoms with E-state index in [-0.39, 0.29) is 5.25 Å². The quantitative estimate of drug-likeness (QED) is 0.607. The van der Waals surface area contributed by atoms with Gasteiger partial charge in [0.2, 0.25) is 0 Å². The Morgan fingerprint density at radius 3 is 2.35 bits per heavy atom. The molecule has 17 heavy (non-hydrogen) atoms. The van der Waals surface area contributed by atoms with Crippen LogP contribution in [0.5, 0.6) is 0 Å². The maximum Gasteiger partial charge on any atom is 0.251 e. The molecule has 0 radical (unpaired) electrons. The molecule has 2 rings (SSSR count). The van der Waals surface area contributed by atoms with Gasteiger partial charge in [0.1, 0.15) is 0 Å². The first kappa shape index (κ1) is 12.3. The summed E-state index contributed by atoms with van der Waals surface area (Å²) in [5.41, 5.74) is 0.506. The van der Waals surface area contributed by atoms with Crippen LogP contribution in [0.4, 0.5) is 5.69 Å². The molecule has 0 atom stereocenters. The van der Waals surface area contributed by atoms with Gasteiger partial charge >= 0.3 is 0 Å². The van der Waals surface area contributed by atoms with E-state index >= 15 is 0 Å². The molecule has 0 unspecified atom stereocenters. The highest BCUT2D eigenvalue weighted by molar-refractivity contribution is 7.93. The van der Waals surface area contributed by atoms with Gasteiger partial charge in [-0.3, -0.25) is 0 Å². The largest absolute Gasteiger partial charge is 0.317 e. The van der Waals surface area contributed by atoms with E-state index in [4.69, 9.17) is 5.84 Å². The number of hydrogen-bond acceptors (Lipinski definition) is 4. The Morgan fingerprint density at radius 1 is 1.18 bits per heavy atom. The van der Waals surface area contributed by atoms with Crippen LogP contribution < -0.4 is 15.6 Å². The van der Waals surface area contributed by atoms with Crippen molar-refractivity contribution in [2.75, 3.05) is 17.5 Å². The van der Waals surface area contributed by atoms with Gasteiger partial charge in [-0.1, -0.05) is 18.2 Å². The highest BCUT2D eigenvalue weighted by atomic mass is 32.2. The lowest BCUT2D eigenvalue weighted by Crippen LogP contribution is -2.47. The Morgan fingerprint density at radius 2 is 1.76 bits per heavy atom. The normalized spacial score (nSPS) is 17.9. The molecule has 1 aliphatic rings. The molecule has 0 spiro atoms. The minimum Gasteiger partial charge on any atom is -0.317 e. The number of benzene rings is 1. The molecule has 5 nitrogen and oxygen atoms in total. The van der Waals surface area contributed by atoms with Gasteiger partial charge in [0.15, 0.2) is 0 Å². The van der Waals surface area contributed by atoms with E-state index in [1.165, 1.54) is 0 Å². The number of piperidine rings is 1. The molecule has 1 aromatic rings. The van der Waals surface area contributed by atoms with Crippen LogP contribution in [0, 0.1) is 0 Å². The third-order valence-electron chi connectivity index (χ3n) is 2.99. The average molecular weight is 255 g/mol. The van der Waals surface area contributed by atoms with Gasteiger partial charge in [-0.05, 0) is 38.1 Å². The molecule has 1 aromatic carbocycles. The van der Waals surface area contributed by atoms with E-state index in [2.05, 4.69) is 5.32 Å². The molecule has 0 saturated carbocycles. The molecule has 0 aromatic heterocycles. The average Bonchev–Trinajstić information content (AvgIpc) is 2.40. The summed E-state index contributed by atoms with van der Waals surface area (Å²) in [6, 6.07) is 8.76. The van der Waals surface area contributed by atoms with Gasteiger partial charge in [-0.15, -0.1) is 0 Å². The molecule has 1 fully saturated rings. The second-order valence-corrected chi connectivity index (χ2v) is 6.22. The Balaban J connectivity index is 2.20. The van der Waals surface area contributed by atoms with Crippen molar-refractivity contribution in [1.82, 2.24) is 5.32 Å². The van der Waals surface area contributed by atoms with E-state index in [0.29, 0.717) is 18.5 Å². The van der Waals surface area contributed by atoms with E-state index in [1.807, 2.05) is 6.07 Å². The zero-order chi connectivity index (χ0) is 12.3. The first-order valence-corrected chi connectivity index (χ1v) is 7.17. The summed E-state index contributed by atoms with van der Waals surface area (Å²) in [6.07, 6.45) is 1.23. The van der Waals surface area contributed by atoms with Crippen LogP contribution in [0.15, 0.2) is 30.3 Å². The SMILES string of the molecule is NN(c1ccccc1)S(=O)(=O)C1CCNCC1. The monoisotopic (exact) mass is 255 g/mol. The fourth-order valence-electron chi connectivity index (χ4n) is 1.98. The molecule has 1 saturated heterocycles. The fraction of sp³-hybridized carbons (Fsp3) is 0.455. The van der Waals surface area contributed by atoms with Gasteiger partial charge in [0.05, 0.1) is 10.9 Å². The summed E-state index contributed by atoms with van der Waals surface area (Å²) in [5, 5.41) is 2.76. The van der Waals surface area contributed by atoms with Crippen molar-refractivity contribution in [2.24, 2.45) is 5.84 Å². The van der Waals surface area contributed by atoms with Crippen molar-refractivity contribution in [1.29, 1.82) is 0 Å². The Labute approximate surface area is 102 Å². The van der Waals surface area contributed by atoms with Crippen LogP contribution in [0.2, 0.25) is 0 Å². The minimum atomic E-state index is -3.44. The molecule has 0 amide bonds. The van der Waals surface area contributed by atoms with Crippen molar-refractivity contribution in [3.63, 3.8) is 0 Å². The van der Waals surface area contributed by atoms with E-state index in [9.17, 15) is 8.42 Å². The topological polar surface area (TPSA) is 75.4 Å². The van der Waals surface area contributed by atoms with Gasteiger partial charge < -0.3 is 5.32 Å². The highest BCUT2D eigenvalue weighted by Crippen LogP contribution is 2.21. The minimum absolute atomic E-state index is 0.381. The van der Waals surface area contributed by atoms with E-state index in [0.717, 1.165) is 17.5 Å². The van der Waals surface area contributed by atoms with Crippen LogP contribution in [0.3, 0.4) is 0 Å². The van der Waals surface area contributed by atoms with E-state index < -0.39 is 10.0 Å². The lowest BCUT2D eigenvalue weighted by molar-refractivity contribution is 0.494. The number of hydrazine groups is 1. The van der Waals surface area contributed by atoms with Crippen molar-refractivity contribution in [3.05, 3.63) is 30.3 Å². The van der Waals surface area contributed by atoms with Crippen LogP contribution in [-0.2, 0) is 10.0 Å². The number of anilines is 1. The fourth-order valence-corrected chi connectivity index (χ4v) is 3.54. The maximum atomic E-state index is 12.3. The smallest absolute Gasteiger partial charge is 0.251 e. The molecular formula is C11H17N3O2S. The predicted octanol–water partition coefficient (Wildman–Crippen LogP) is 0.449. The third-order valence-corrected chi connectivity index (χ3v) is 5.07. The Bertz CT molecular complexity index is 455. The predicted molar refractivity (Wildman–Crippen MR) is 67.9 cm³/mol. The van der Waals surface area contributed by atoms with Crippen LogP contribution in [-0.4, -0.2) is 26.8 Å². The first-order valence-electron chi connectivity index (χ1n) is 5.67. The van der Waals surface area contributed by atoms with Crippen LogP contribution in [0.1, 0.15) is 12.8 Å². The number of rotatable bonds is 3. The molecule has 94 valence electrons. The second kappa shape index (κ2) is 5.03. The lowest BCUT2D eigenvalue weighted by Gasteiger charge is -2.28. The van der Waals surface area contributed by atoms with Gasteiger partial charge in [-0.25, -0.2) is 18.7 Å². The number of nitrogens with one attached hydrogen (secondary N) is 1. The van der Waals surface area contributed by atoms with Gasteiger partial charge in [-0.2, -0.15) is 0 Å². The molecule has 3 N–H and O–H groups in total. The number of para-hydroxylation sites is 1. The number of nitrogens with two attached hydrogens (primary N) is 1. The van der Waals surface area contributed by atoms with E-state index in [1.54, 1.807) is 24.3 Å². The second-order valence-electron chi connectivity index (χ2n) is 4.13. The van der Waals surface area contributed by atoms with Gasteiger partial charge in [0, 0.05) is 0 Å². The summed E-state index contributed by atoms with van der Waals surface area (Å²) in [7, 11) is -3.44. The molecule has 0 bridgehead atoms. The molecule has 1 aliphatic heterocycles. The summed E-state index contributed by atoms with van der Waals surface area (Å²) >= 11 is 0. The van der Waals surface area contributed by atoms with Crippen molar-refractivity contribution >= 4 is 15.7 Å². The van der Waals surface area contributed by atoms with Gasteiger partial charge in [0.25, 0.3) is 10.0 Å². The molecular weight excluding hydrogens is 238 g/mol. The zero-order valence-corrected chi connectivity index (χ0v) is 10.4. The maximum absolute atomic E-state index is 12.3. The number of sulfonamides is 1. The number of nitrogens with zero attached hydrogens (tertiary/aromatic N) is 1. The molecule has 0 aliphatic carbocycles. The summed E-state index contributed by atoms with van der Waals surface area (Å²) in [4.78, 5) is 0. The summed E-state index contributed by atoms with van der Waals surface area (Å²) in [6.45, 7) is 1.46. The zero-order valence-electron chi connectivity index (χ0n) is 9.54. The van der Waals surface area contributed by atoms with Crippen LogP contribution >= 0.6 is 0 Å².